The number of amides is 3. The molecule has 1 aliphatic heterocycles. The highest BCUT2D eigenvalue weighted by Crippen LogP contribution is 2.27. The predicted octanol–water partition coefficient (Wildman–Crippen LogP) is 2.24. The van der Waals surface area contributed by atoms with Crippen LogP contribution in [0.5, 0.6) is 0 Å². The van der Waals surface area contributed by atoms with Gasteiger partial charge in [-0.15, -0.1) is 11.3 Å². The summed E-state index contributed by atoms with van der Waals surface area (Å²) in [7, 11) is -2.11. The van der Waals surface area contributed by atoms with Crippen LogP contribution < -0.4 is 5.32 Å². The molecule has 0 unspecified atom stereocenters. The third-order valence-electron chi connectivity index (χ3n) is 4.91. The first-order valence-corrected chi connectivity index (χ1v) is 12.1. The van der Waals surface area contributed by atoms with Crippen molar-refractivity contribution in [1.82, 2.24) is 9.80 Å². The molecule has 2 heterocycles. The highest BCUT2D eigenvalue weighted by atomic mass is 32.2. The van der Waals surface area contributed by atoms with E-state index in [-0.39, 0.29) is 16.8 Å². The zero-order chi connectivity index (χ0) is 22.8. The molecule has 0 saturated carbocycles. The van der Waals surface area contributed by atoms with Gasteiger partial charge in [0.1, 0.15) is 4.88 Å². The lowest BCUT2D eigenvalue weighted by Gasteiger charge is -2.34. The summed E-state index contributed by atoms with van der Waals surface area (Å²) in [4.78, 5) is 41.5. The van der Waals surface area contributed by atoms with Crippen molar-refractivity contribution in [3.8, 4) is 0 Å². The molecular formula is C20H23N3O6S2. The highest BCUT2D eigenvalue weighted by molar-refractivity contribution is 7.90. The number of carbonyl (C=O) groups excluding carboxylic acids is 3. The van der Waals surface area contributed by atoms with Crippen molar-refractivity contribution in [2.24, 2.45) is 0 Å². The Morgan fingerprint density at radius 3 is 2.32 bits per heavy atom. The number of methoxy groups -OCH3 is 1. The molecule has 3 rings (SSSR count). The van der Waals surface area contributed by atoms with Crippen LogP contribution in [0, 0.1) is 6.92 Å². The number of nitrogens with zero attached hydrogens (tertiary/aromatic N) is 2. The number of esters is 1. The number of aryl methyl sites for hydroxylation is 1. The minimum atomic E-state index is -3.41. The number of piperazine rings is 1. The summed E-state index contributed by atoms with van der Waals surface area (Å²) >= 11 is 1.24. The average Bonchev–Trinajstić information content (AvgIpc) is 3.12. The smallest absolute Gasteiger partial charge is 0.348 e. The molecule has 3 amide bonds. The van der Waals surface area contributed by atoms with E-state index in [1.807, 2.05) is 0 Å². The first-order valence-electron chi connectivity index (χ1n) is 9.44. The molecule has 1 aromatic heterocycles. The average molecular weight is 466 g/mol. The molecule has 9 nitrogen and oxygen atoms in total. The van der Waals surface area contributed by atoms with Crippen molar-refractivity contribution >= 4 is 44.8 Å². The van der Waals surface area contributed by atoms with Crippen molar-refractivity contribution in [2.75, 3.05) is 44.9 Å². The van der Waals surface area contributed by atoms with Crippen LogP contribution in [0.3, 0.4) is 0 Å². The van der Waals surface area contributed by atoms with Crippen molar-refractivity contribution in [3.05, 3.63) is 45.6 Å². The first-order chi connectivity index (χ1) is 14.6. The summed E-state index contributed by atoms with van der Waals surface area (Å²) in [5, 5.41) is 2.80. The van der Waals surface area contributed by atoms with Crippen molar-refractivity contribution in [1.29, 1.82) is 0 Å². The molecule has 1 N–H and O–H groups in total. The van der Waals surface area contributed by atoms with Crippen molar-refractivity contribution < 1.29 is 27.5 Å². The Kier molecular flexibility index (Phi) is 6.65. The molecule has 0 aliphatic carbocycles. The summed E-state index contributed by atoms with van der Waals surface area (Å²) < 4.78 is 28.2. The predicted molar refractivity (Wildman–Crippen MR) is 116 cm³/mol. The van der Waals surface area contributed by atoms with Gasteiger partial charge < -0.3 is 19.9 Å². The lowest BCUT2D eigenvalue weighted by Crippen LogP contribution is -2.51. The van der Waals surface area contributed by atoms with Gasteiger partial charge in [0, 0.05) is 42.9 Å². The lowest BCUT2D eigenvalue weighted by atomic mass is 10.2. The number of carbonyl (C=O) groups is 3. The lowest BCUT2D eigenvalue weighted by molar-refractivity contribution is 0.0605. The molecule has 2 aromatic rings. The zero-order valence-corrected chi connectivity index (χ0v) is 19.0. The third-order valence-corrected chi connectivity index (χ3v) is 7.05. The number of thiophene rings is 1. The van der Waals surface area contributed by atoms with E-state index >= 15 is 0 Å². The van der Waals surface area contributed by atoms with Crippen LogP contribution in [0.1, 0.15) is 24.9 Å². The Morgan fingerprint density at radius 1 is 1.06 bits per heavy atom. The van der Waals surface area contributed by atoms with Gasteiger partial charge in [0.25, 0.3) is 5.91 Å². The highest BCUT2D eigenvalue weighted by Gasteiger charge is 2.26. The molecule has 0 spiro atoms. The summed E-state index contributed by atoms with van der Waals surface area (Å²) in [5.74, 6) is -0.734. The molecule has 1 saturated heterocycles. The topological polar surface area (TPSA) is 113 Å². The third kappa shape index (κ3) is 5.23. The standard InChI is InChI=1S/C20H23N3O6S2/c1-13-16(12-17(30-13)19(25)29-2)21-20(26)23-9-7-22(8-10-23)18(24)14-5-4-6-15(11-14)31(3,27)28/h4-6,11-12H,7-10H2,1-3H3,(H,21,26). The molecule has 31 heavy (non-hydrogen) atoms. The molecule has 1 aliphatic rings. The summed E-state index contributed by atoms with van der Waals surface area (Å²) in [5.41, 5.74) is 0.844. The maximum Gasteiger partial charge on any atom is 0.348 e. The van der Waals surface area contributed by atoms with Gasteiger partial charge in [-0.1, -0.05) is 6.07 Å². The molecule has 0 atom stereocenters. The summed E-state index contributed by atoms with van der Waals surface area (Å²) in [6.45, 7) is 3.11. The van der Waals surface area contributed by atoms with Crippen LogP contribution in [0.2, 0.25) is 0 Å². The fourth-order valence-electron chi connectivity index (χ4n) is 3.16. The quantitative estimate of drug-likeness (QED) is 0.693. The van der Waals surface area contributed by atoms with E-state index in [9.17, 15) is 22.8 Å². The minimum Gasteiger partial charge on any atom is -0.465 e. The second-order valence-corrected chi connectivity index (χ2v) is 10.4. The maximum atomic E-state index is 12.8. The fourth-order valence-corrected chi connectivity index (χ4v) is 4.72. The Balaban J connectivity index is 1.61. The van der Waals surface area contributed by atoms with Crippen molar-refractivity contribution in [3.63, 3.8) is 0 Å². The fraction of sp³-hybridized carbons (Fsp3) is 0.350. The van der Waals surface area contributed by atoms with E-state index < -0.39 is 15.8 Å². The number of rotatable bonds is 4. The van der Waals surface area contributed by atoms with Gasteiger partial charge >= 0.3 is 12.0 Å². The number of nitrogens with one attached hydrogen (secondary N) is 1. The number of hydrogen-bond acceptors (Lipinski definition) is 7. The maximum absolute atomic E-state index is 12.8. The van der Waals surface area contributed by atoms with Gasteiger partial charge in [0.2, 0.25) is 0 Å². The van der Waals surface area contributed by atoms with Crippen LogP contribution in [-0.2, 0) is 14.6 Å². The molecule has 0 radical (unpaired) electrons. The van der Waals surface area contributed by atoms with Gasteiger partial charge in [-0.25, -0.2) is 18.0 Å². The van der Waals surface area contributed by atoms with E-state index in [1.165, 1.54) is 30.6 Å². The second-order valence-electron chi connectivity index (χ2n) is 7.08. The Morgan fingerprint density at radius 2 is 1.71 bits per heavy atom. The van der Waals surface area contributed by atoms with Crippen LogP contribution in [0.15, 0.2) is 35.2 Å². The number of ether oxygens (including phenoxy) is 1. The monoisotopic (exact) mass is 465 g/mol. The largest absolute Gasteiger partial charge is 0.465 e. The molecule has 1 aromatic carbocycles. The van der Waals surface area contributed by atoms with Crippen molar-refractivity contribution in [2.45, 2.75) is 11.8 Å². The van der Waals surface area contributed by atoms with Crippen LogP contribution in [0.4, 0.5) is 10.5 Å². The number of urea groups is 1. The minimum absolute atomic E-state index is 0.0915. The summed E-state index contributed by atoms with van der Waals surface area (Å²) in [6, 6.07) is 7.20. The molecule has 1 fully saturated rings. The van der Waals surface area contributed by atoms with Crippen LogP contribution in [0.25, 0.3) is 0 Å². The number of benzene rings is 1. The molecule has 11 heteroatoms. The summed E-state index contributed by atoms with van der Waals surface area (Å²) in [6.07, 6.45) is 1.09. The van der Waals surface area contributed by atoms with E-state index in [2.05, 4.69) is 5.32 Å². The van der Waals surface area contributed by atoms with Gasteiger partial charge in [-0.05, 0) is 31.2 Å². The SMILES string of the molecule is COC(=O)c1cc(NC(=O)N2CCN(C(=O)c3cccc(S(C)(=O)=O)c3)CC2)c(C)s1. The molecule has 166 valence electrons. The van der Waals surface area contributed by atoms with Crippen LogP contribution in [-0.4, -0.2) is 75.7 Å². The molecule has 0 bridgehead atoms. The van der Waals surface area contributed by atoms with E-state index in [0.717, 1.165) is 11.1 Å². The number of anilines is 1. The second kappa shape index (κ2) is 9.06. The van der Waals surface area contributed by atoms with Gasteiger partial charge in [-0.2, -0.15) is 0 Å². The normalized spacial score (nSPS) is 14.3. The number of sulfone groups is 1. The van der Waals surface area contributed by atoms with E-state index in [1.54, 1.807) is 34.9 Å². The first kappa shape index (κ1) is 22.8. The Bertz CT molecular complexity index is 1120. The Labute approximate surface area is 184 Å². The van der Waals surface area contributed by atoms with Crippen LogP contribution >= 0.6 is 11.3 Å². The Hall–Kier alpha value is -2.92. The zero-order valence-electron chi connectivity index (χ0n) is 17.4. The van der Waals surface area contributed by atoms with Gasteiger partial charge in [0.15, 0.2) is 9.84 Å². The van der Waals surface area contributed by atoms with E-state index in [0.29, 0.717) is 42.3 Å². The van der Waals surface area contributed by atoms with Gasteiger partial charge in [-0.3, -0.25) is 4.79 Å². The van der Waals surface area contributed by atoms with E-state index in [4.69, 9.17) is 4.74 Å². The molecular weight excluding hydrogens is 442 g/mol. The van der Waals surface area contributed by atoms with Gasteiger partial charge in [0.05, 0.1) is 17.7 Å². The number of hydrogen-bond donors (Lipinski definition) is 1.